The van der Waals surface area contributed by atoms with E-state index in [2.05, 4.69) is 5.16 Å². The molecular formula is C16H15NO. The highest BCUT2D eigenvalue weighted by molar-refractivity contribution is 6.11. The summed E-state index contributed by atoms with van der Waals surface area (Å²) < 4.78 is 0. The molecule has 18 heavy (non-hydrogen) atoms. The fourth-order valence-electron chi connectivity index (χ4n) is 1.77. The van der Waals surface area contributed by atoms with E-state index in [1.165, 1.54) is 0 Å². The summed E-state index contributed by atoms with van der Waals surface area (Å²) in [5, 5.41) is 12.5. The van der Waals surface area contributed by atoms with Gasteiger partial charge in [0, 0.05) is 5.56 Å². The van der Waals surface area contributed by atoms with Crippen LogP contribution in [0.15, 0.2) is 71.9 Å². The van der Waals surface area contributed by atoms with Crippen LogP contribution in [0, 0.1) is 0 Å². The van der Waals surface area contributed by atoms with Crippen LogP contribution in [0.4, 0.5) is 0 Å². The zero-order valence-corrected chi connectivity index (χ0v) is 10.2. The van der Waals surface area contributed by atoms with Crippen molar-refractivity contribution in [3.63, 3.8) is 0 Å². The molecule has 0 aromatic heterocycles. The van der Waals surface area contributed by atoms with Gasteiger partial charge in [-0.15, -0.1) is 0 Å². The topological polar surface area (TPSA) is 32.6 Å². The predicted octanol–water partition coefficient (Wildman–Crippen LogP) is 3.97. The summed E-state index contributed by atoms with van der Waals surface area (Å²) in [5.41, 5.74) is 3.65. The number of hydrogen-bond acceptors (Lipinski definition) is 2. The van der Waals surface area contributed by atoms with Crippen molar-refractivity contribution in [2.75, 3.05) is 0 Å². The first-order valence-corrected chi connectivity index (χ1v) is 5.82. The second-order valence-electron chi connectivity index (χ2n) is 4.04. The van der Waals surface area contributed by atoms with Crippen LogP contribution < -0.4 is 0 Å². The number of allylic oxidation sites excluding steroid dienone is 2. The fraction of sp³-hybridized carbons (Fsp3) is 0.0625. The molecule has 2 aromatic carbocycles. The monoisotopic (exact) mass is 237 g/mol. The van der Waals surface area contributed by atoms with Crippen molar-refractivity contribution in [1.82, 2.24) is 0 Å². The molecule has 0 aliphatic carbocycles. The van der Waals surface area contributed by atoms with Gasteiger partial charge in [-0.25, -0.2) is 0 Å². The highest BCUT2D eigenvalue weighted by atomic mass is 16.4. The van der Waals surface area contributed by atoms with Gasteiger partial charge >= 0.3 is 0 Å². The lowest BCUT2D eigenvalue weighted by molar-refractivity contribution is 0.320. The average Bonchev–Trinajstić information content (AvgIpc) is 2.46. The maximum atomic E-state index is 9.12. The minimum atomic E-state index is 0.567. The van der Waals surface area contributed by atoms with Crippen molar-refractivity contribution in [2.45, 2.75) is 6.92 Å². The summed E-state index contributed by atoms with van der Waals surface area (Å²) in [6.07, 6.45) is 1.88. The van der Waals surface area contributed by atoms with Crippen LogP contribution in [0.2, 0.25) is 0 Å². The fourth-order valence-corrected chi connectivity index (χ4v) is 1.77. The first-order chi connectivity index (χ1) is 8.81. The van der Waals surface area contributed by atoms with Gasteiger partial charge in [-0.1, -0.05) is 65.8 Å². The van der Waals surface area contributed by atoms with Gasteiger partial charge in [0.1, 0.15) is 5.71 Å². The molecule has 0 atom stereocenters. The summed E-state index contributed by atoms with van der Waals surface area (Å²) >= 11 is 0. The zero-order valence-electron chi connectivity index (χ0n) is 10.2. The predicted molar refractivity (Wildman–Crippen MR) is 74.9 cm³/mol. The quantitative estimate of drug-likeness (QED) is 0.489. The Kier molecular flexibility index (Phi) is 3.92. The Bertz CT molecular complexity index is 556. The van der Waals surface area contributed by atoms with E-state index in [1.54, 1.807) is 0 Å². The molecule has 0 aliphatic heterocycles. The van der Waals surface area contributed by atoms with E-state index in [1.807, 2.05) is 73.7 Å². The normalized spacial score (nSPS) is 12.5. The zero-order chi connectivity index (χ0) is 12.8. The lowest BCUT2D eigenvalue weighted by Crippen LogP contribution is -1.97. The molecule has 0 unspecified atom stereocenters. The first-order valence-electron chi connectivity index (χ1n) is 5.82. The maximum Gasteiger partial charge on any atom is 0.110 e. The van der Waals surface area contributed by atoms with E-state index in [-0.39, 0.29) is 0 Å². The minimum absolute atomic E-state index is 0.567. The van der Waals surface area contributed by atoms with Gasteiger partial charge < -0.3 is 5.21 Å². The summed E-state index contributed by atoms with van der Waals surface area (Å²) in [6, 6.07) is 19.7. The summed E-state index contributed by atoms with van der Waals surface area (Å²) in [6.45, 7) is 2.00. The number of benzene rings is 2. The average molecular weight is 237 g/mol. The molecule has 90 valence electrons. The standard InChI is InChI=1S/C16H15NO/c1-13(14-8-4-2-5-9-14)12-16(17-18)15-10-6-3-7-11-15/h2-12,18H,1H3. The Balaban J connectivity index is 2.32. The third-order valence-electron chi connectivity index (χ3n) is 2.76. The van der Waals surface area contributed by atoms with Gasteiger partial charge in [-0.05, 0) is 24.1 Å². The van der Waals surface area contributed by atoms with Crippen molar-refractivity contribution in [3.8, 4) is 0 Å². The molecule has 2 nitrogen and oxygen atoms in total. The van der Waals surface area contributed by atoms with E-state index < -0.39 is 0 Å². The molecule has 0 bridgehead atoms. The molecule has 0 radical (unpaired) electrons. The van der Waals surface area contributed by atoms with Crippen molar-refractivity contribution in [2.24, 2.45) is 5.16 Å². The minimum Gasteiger partial charge on any atom is -0.410 e. The highest BCUT2D eigenvalue weighted by Crippen LogP contribution is 2.14. The van der Waals surface area contributed by atoms with Gasteiger partial charge in [0.05, 0.1) is 0 Å². The SMILES string of the molecule is CC(=CC(=NO)c1ccccc1)c1ccccc1. The van der Waals surface area contributed by atoms with E-state index in [0.717, 1.165) is 16.7 Å². The van der Waals surface area contributed by atoms with Crippen LogP contribution in [0.5, 0.6) is 0 Å². The number of nitrogens with zero attached hydrogens (tertiary/aromatic N) is 1. The van der Waals surface area contributed by atoms with E-state index in [4.69, 9.17) is 5.21 Å². The molecule has 0 amide bonds. The molecule has 0 fully saturated rings. The molecule has 2 heteroatoms. The molecule has 0 aliphatic rings. The van der Waals surface area contributed by atoms with Gasteiger partial charge in [-0.2, -0.15) is 0 Å². The first kappa shape index (κ1) is 12.1. The Hall–Kier alpha value is -2.35. The molecule has 2 aromatic rings. The number of hydrogen-bond donors (Lipinski definition) is 1. The van der Waals surface area contributed by atoms with Crippen LogP contribution >= 0.6 is 0 Å². The summed E-state index contributed by atoms with van der Waals surface area (Å²) in [7, 11) is 0. The Labute approximate surface area is 107 Å². The van der Waals surface area contributed by atoms with Crippen LogP contribution in [0.25, 0.3) is 5.57 Å². The second kappa shape index (κ2) is 5.82. The van der Waals surface area contributed by atoms with Crippen LogP contribution in [0.1, 0.15) is 18.1 Å². The third-order valence-corrected chi connectivity index (χ3v) is 2.76. The van der Waals surface area contributed by atoms with Crippen molar-refractivity contribution in [3.05, 3.63) is 77.9 Å². The van der Waals surface area contributed by atoms with E-state index >= 15 is 0 Å². The highest BCUT2D eigenvalue weighted by Gasteiger charge is 2.02. The molecule has 0 saturated heterocycles. The second-order valence-corrected chi connectivity index (χ2v) is 4.04. The maximum absolute atomic E-state index is 9.12. The molecule has 0 saturated carbocycles. The summed E-state index contributed by atoms with van der Waals surface area (Å²) in [4.78, 5) is 0. The van der Waals surface area contributed by atoms with Crippen molar-refractivity contribution >= 4 is 11.3 Å². The smallest absolute Gasteiger partial charge is 0.110 e. The Morgan fingerprint density at radius 3 is 1.89 bits per heavy atom. The molecule has 0 spiro atoms. The van der Waals surface area contributed by atoms with Gasteiger partial charge in [0.15, 0.2) is 0 Å². The Morgan fingerprint density at radius 2 is 1.39 bits per heavy atom. The van der Waals surface area contributed by atoms with Crippen molar-refractivity contribution in [1.29, 1.82) is 0 Å². The van der Waals surface area contributed by atoms with Crippen LogP contribution in [-0.2, 0) is 0 Å². The number of oxime groups is 1. The molecule has 1 N–H and O–H groups in total. The largest absolute Gasteiger partial charge is 0.410 e. The van der Waals surface area contributed by atoms with Crippen LogP contribution in [-0.4, -0.2) is 10.9 Å². The van der Waals surface area contributed by atoms with Gasteiger partial charge in [0.2, 0.25) is 0 Å². The van der Waals surface area contributed by atoms with E-state index in [9.17, 15) is 0 Å². The lowest BCUT2D eigenvalue weighted by Gasteiger charge is -2.03. The van der Waals surface area contributed by atoms with Crippen LogP contribution in [0.3, 0.4) is 0 Å². The molecule has 0 heterocycles. The van der Waals surface area contributed by atoms with Gasteiger partial charge in [0.25, 0.3) is 0 Å². The van der Waals surface area contributed by atoms with Crippen molar-refractivity contribution < 1.29 is 5.21 Å². The molecular weight excluding hydrogens is 222 g/mol. The Morgan fingerprint density at radius 1 is 0.889 bits per heavy atom. The van der Waals surface area contributed by atoms with Gasteiger partial charge in [-0.3, -0.25) is 0 Å². The molecule has 2 rings (SSSR count). The van der Waals surface area contributed by atoms with E-state index in [0.29, 0.717) is 5.71 Å². The number of rotatable bonds is 3. The third kappa shape index (κ3) is 2.86. The lowest BCUT2D eigenvalue weighted by atomic mass is 10.0. The summed E-state index contributed by atoms with van der Waals surface area (Å²) in [5.74, 6) is 0.